The van der Waals surface area contributed by atoms with Crippen LogP contribution in [0.5, 0.6) is 0 Å². The molecule has 1 aromatic carbocycles. The molecule has 2 N–H and O–H groups in total. The molecule has 0 saturated carbocycles. The molecule has 0 amide bonds. The second-order valence-corrected chi connectivity index (χ2v) is 5.69. The fraction of sp³-hybridized carbons (Fsp3) is 0.400. The predicted molar refractivity (Wildman–Crippen MR) is 92.0 cm³/mol. The summed E-state index contributed by atoms with van der Waals surface area (Å²) in [5, 5.41) is 11.4. The maximum Gasteiger partial charge on any atom is 0.228 e. The minimum Gasteiger partial charge on any atom is -0.357 e. The Balaban J connectivity index is 1.91. The lowest BCUT2D eigenvalue weighted by Crippen LogP contribution is -2.38. The zero-order valence-electron chi connectivity index (χ0n) is 13.1. The Morgan fingerprint density at radius 2 is 2.13 bits per heavy atom. The SMILES string of the molecule is CCNC(=NCc1ccc(Cl)cc1Cl)NCCc1nc(C)no1. The van der Waals surface area contributed by atoms with Gasteiger partial charge >= 0.3 is 0 Å². The molecule has 8 heteroatoms. The van der Waals surface area contributed by atoms with E-state index >= 15 is 0 Å². The van der Waals surface area contributed by atoms with Gasteiger partial charge in [0.2, 0.25) is 5.89 Å². The summed E-state index contributed by atoms with van der Waals surface area (Å²) >= 11 is 12.0. The van der Waals surface area contributed by atoms with Crippen LogP contribution in [-0.4, -0.2) is 29.2 Å². The first-order valence-corrected chi connectivity index (χ1v) is 8.09. The second-order valence-electron chi connectivity index (χ2n) is 4.84. The third-order valence-electron chi connectivity index (χ3n) is 2.97. The van der Waals surface area contributed by atoms with Crippen molar-refractivity contribution in [3.8, 4) is 0 Å². The minimum atomic E-state index is 0.463. The number of aromatic nitrogens is 2. The van der Waals surface area contributed by atoms with Crippen molar-refractivity contribution in [1.82, 2.24) is 20.8 Å². The van der Waals surface area contributed by atoms with E-state index < -0.39 is 0 Å². The number of halogens is 2. The van der Waals surface area contributed by atoms with Crippen LogP contribution in [0.4, 0.5) is 0 Å². The van der Waals surface area contributed by atoms with Crippen LogP contribution in [0.3, 0.4) is 0 Å². The fourth-order valence-corrected chi connectivity index (χ4v) is 2.35. The molecule has 1 heterocycles. The fourth-order valence-electron chi connectivity index (χ4n) is 1.89. The third-order valence-corrected chi connectivity index (χ3v) is 3.55. The first-order valence-electron chi connectivity index (χ1n) is 7.33. The van der Waals surface area contributed by atoms with Crippen LogP contribution in [0, 0.1) is 6.92 Å². The number of benzene rings is 1. The van der Waals surface area contributed by atoms with Gasteiger partial charge in [-0.3, -0.25) is 0 Å². The number of aryl methyl sites for hydroxylation is 1. The van der Waals surface area contributed by atoms with Crippen molar-refractivity contribution in [2.75, 3.05) is 13.1 Å². The van der Waals surface area contributed by atoms with Gasteiger partial charge in [0.25, 0.3) is 0 Å². The normalized spacial score (nSPS) is 11.6. The molecule has 0 saturated heterocycles. The van der Waals surface area contributed by atoms with Gasteiger partial charge in [0.15, 0.2) is 11.8 Å². The van der Waals surface area contributed by atoms with E-state index in [1.807, 2.05) is 13.0 Å². The Bertz CT molecular complexity index is 672. The van der Waals surface area contributed by atoms with Crippen molar-refractivity contribution in [3.63, 3.8) is 0 Å². The molecule has 0 bridgehead atoms. The number of hydrogen-bond acceptors (Lipinski definition) is 4. The first-order chi connectivity index (χ1) is 11.1. The van der Waals surface area contributed by atoms with E-state index in [1.165, 1.54) is 0 Å². The number of hydrogen-bond donors (Lipinski definition) is 2. The van der Waals surface area contributed by atoms with E-state index in [0.717, 1.165) is 12.1 Å². The zero-order chi connectivity index (χ0) is 16.7. The van der Waals surface area contributed by atoms with Gasteiger partial charge in [-0.1, -0.05) is 34.4 Å². The van der Waals surface area contributed by atoms with Crippen LogP contribution in [-0.2, 0) is 13.0 Å². The van der Waals surface area contributed by atoms with Gasteiger partial charge in [-0.2, -0.15) is 4.98 Å². The summed E-state index contributed by atoms with van der Waals surface area (Å²) in [4.78, 5) is 8.67. The molecule has 0 aliphatic heterocycles. The van der Waals surface area contributed by atoms with Crippen LogP contribution >= 0.6 is 23.2 Å². The van der Waals surface area contributed by atoms with Crippen LogP contribution in [0.1, 0.15) is 24.2 Å². The summed E-state index contributed by atoms with van der Waals surface area (Å²) in [6, 6.07) is 5.39. The van der Waals surface area contributed by atoms with Crippen LogP contribution in [0.25, 0.3) is 0 Å². The molecule has 124 valence electrons. The van der Waals surface area contributed by atoms with Gasteiger partial charge in [-0.15, -0.1) is 0 Å². The quantitative estimate of drug-likeness (QED) is 0.615. The van der Waals surface area contributed by atoms with Gasteiger partial charge in [0, 0.05) is 29.6 Å². The van der Waals surface area contributed by atoms with Gasteiger partial charge in [-0.25, -0.2) is 4.99 Å². The molecule has 1 aromatic heterocycles. The molecule has 6 nitrogen and oxygen atoms in total. The Hall–Kier alpha value is -1.79. The summed E-state index contributed by atoms with van der Waals surface area (Å²) < 4.78 is 5.07. The highest BCUT2D eigenvalue weighted by Crippen LogP contribution is 2.21. The van der Waals surface area contributed by atoms with E-state index in [4.69, 9.17) is 27.7 Å². The highest BCUT2D eigenvalue weighted by atomic mass is 35.5. The van der Waals surface area contributed by atoms with E-state index in [2.05, 4.69) is 25.8 Å². The number of aliphatic imine (C=N–C) groups is 1. The molecular formula is C15H19Cl2N5O. The lowest BCUT2D eigenvalue weighted by molar-refractivity contribution is 0.374. The summed E-state index contributed by atoms with van der Waals surface area (Å²) in [7, 11) is 0. The highest BCUT2D eigenvalue weighted by Gasteiger charge is 2.04. The summed E-state index contributed by atoms with van der Waals surface area (Å²) in [6.07, 6.45) is 0.632. The van der Waals surface area contributed by atoms with Gasteiger partial charge in [0.05, 0.1) is 6.54 Å². The average Bonchev–Trinajstić information content (AvgIpc) is 2.91. The van der Waals surface area contributed by atoms with Gasteiger partial charge in [0.1, 0.15) is 0 Å². The van der Waals surface area contributed by atoms with Crippen molar-refractivity contribution in [2.45, 2.75) is 26.8 Å². The summed E-state index contributed by atoms with van der Waals surface area (Å²) in [5.74, 6) is 1.94. The van der Waals surface area contributed by atoms with Crippen molar-refractivity contribution >= 4 is 29.2 Å². The van der Waals surface area contributed by atoms with Crippen molar-refractivity contribution < 1.29 is 4.52 Å². The number of nitrogens with one attached hydrogen (secondary N) is 2. The molecule has 2 rings (SSSR count). The van der Waals surface area contributed by atoms with E-state index in [0.29, 0.717) is 47.2 Å². The lowest BCUT2D eigenvalue weighted by Gasteiger charge is -2.10. The number of nitrogens with zero attached hydrogens (tertiary/aromatic N) is 3. The van der Waals surface area contributed by atoms with E-state index in [9.17, 15) is 0 Å². The molecular weight excluding hydrogens is 337 g/mol. The first kappa shape index (κ1) is 17.6. The van der Waals surface area contributed by atoms with Crippen LogP contribution in [0.15, 0.2) is 27.7 Å². The Kier molecular flexibility index (Phi) is 6.67. The Labute approximate surface area is 145 Å². The maximum atomic E-state index is 6.15. The van der Waals surface area contributed by atoms with Gasteiger partial charge < -0.3 is 15.2 Å². The molecule has 23 heavy (non-hydrogen) atoms. The third kappa shape index (κ3) is 5.73. The lowest BCUT2D eigenvalue weighted by atomic mass is 10.2. The van der Waals surface area contributed by atoms with Crippen LogP contribution < -0.4 is 10.6 Å². The average molecular weight is 356 g/mol. The minimum absolute atomic E-state index is 0.463. The molecule has 0 aliphatic carbocycles. The van der Waals surface area contributed by atoms with E-state index in [-0.39, 0.29) is 0 Å². The second kappa shape index (κ2) is 8.74. The Morgan fingerprint density at radius 3 is 2.78 bits per heavy atom. The molecule has 0 radical (unpaired) electrons. The van der Waals surface area contributed by atoms with Gasteiger partial charge in [-0.05, 0) is 31.5 Å². The molecule has 0 spiro atoms. The Morgan fingerprint density at radius 1 is 1.30 bits per heavy atom. The van der Waals surface area contributed by atoms with Crippen molar-refractivity contribution in [3.05, 3.63) is 45.5 Å². The maximum absolute atomic E-state index is 6.15. The number of guanidine groups is 1. The molecule has 0 fully saturated rings. The zero-order valence-corrected chi connectivity index (χ0v) is 14.6. The molecule has 0 aliphatic rings. The largest absolute Gasteiger partial charge is 0.357 e. The highest BCUT2D eigenvalue weighted by molar-refractivity contribution is 6.35. The van der Waals surface area contributed by atoms with Crippen molar-refractivity contribution in [1.29, 1.82) is 0 Å². The molecule has 0 atom stereocenters. The predicted octanol–water partition coefficient (Wildman–Crippen LogP) is 2.98. The van der Waals surface area contributed by atoms with Crippen molar-refractivity contribution in [2.24, 2.45) is 4.99 Å². The summed E-state index contributed by atoms with van der Waals surface area (Å²) in [6.45, 7) is 5.67. The monoisotopic (exact) mass is 355 g/mol. The topological polar surface area (TPSA) is 75.3 Å². The summed E-state index contributed by atoms with van der Waals surface area (Å²) in [5.41, 5.74) is 0.917. The number of rotatable bonds is 6. The van der Waals surface area contributed by atoms with Crippen LogP contribution in [0.2, 0.25) is 10.0 Å². The molecule has 2 aromatic rings. The molecule has 0 unspecified atom stereocenters. The standard InChI is InChI=1S/C15H19Cl2N5O/c1-3-18-15(19-7-6-14-21-10(2)22-23-14)20-9-11-4-5-12(16)8-13(11)17/h4-5,8H,3,6-7,9H2,1-2H3,(H2,18,19,20). The van der Waals surface area contributed by atoms with E-state index in [1.54, 1.807) is 19.1 Å². The smallest absolute Gasteiger partial charge is 0.228 e.